The number of hydrogen-bond donors (Lipinski definition) is 3. The van der Waals surface area contributed by atoms with E-state index in [0.29, 0.717) is 29.6 Å². The molecule has 1 heterocycles. The molecule has 3 rings (SSSR count). The van der Waals surface area contributed by atoms with Crippen molar-refractivity contribution in [2.24, 2.45) is 0 Å². The van der Waals surface area contributed by atoms with Crippen molar-refractivity contribution in [2.75, 3.05) is 23.5 Å². The number of nitrogen functional groups attached to an aromatic ring is 1. The summed E-state index contributed by atoms with van der Waals surface area (Å²) in [6.45, 7) is 0.468. The summed E-state index contributed by atoms with van der Waals surface area (Å²) in [6.07, 6.45) is 1.42. The molecule has 4 N–H and O–H groups in total. The molecule has 6 nitrogen and oxygen atoms in total. The Morgan fingerprint density at radius 1 is 1.04 bits per heavy atom. The molecule has 0 saturated carbocycles. The summed E-state index contributed by atoms with van der Waals surface area (Å²) in [6, 6.07) is 13.7. The van der Waals surface area contributed by atoms with E-state index in [2.05, 4.69) is 20.6 Å². The van der Waals surface area contributed by atoms with Gasteiger partial charge in [0, 0.05) is 6.54 Å². The third kappa shape index (κ3) is 3.95. The minimum Gasteiger partial charge on any atom is -0.495 e. The second-order valence-corrected chi connectivity index (χ2v) is 5.29. The molecule has 25 heavy (non-hydrogen) atoms. The van der Waals surface area contributed by atoms with E-state index in [1.54, 1.807) is 19.2 Å². The average molecular weight is 339 g/mol. The normalized spacial score (nSPS) is 10.3. The van der Waals surface area contributed by atoms with Gasteiger partial charge in [-0.1, -0.05) is 24.3 Å². The summed E-state index contributed by atoms with van der Waals surface area (Å²) in [5.74, 6) is 1.38. The number of rotatable bonds is 6. The summed E-state index contributed by atoms with van der Waals surface area (Å²) < 4.78 is 18.3. The Hall–Kier alpha value is -3.35. The number of nitrogens with one attached hydrogen (secondary N) is 2. The summed E-state index contributed by atoms with van der Waals surface area (Å²) in [7, 11) is 1.60. The van der Waals surface area contributed by atoms with Crippen LogP contribution in [0.1, 0.15) is 5.56 Å². The highest BCUT2D eigenvalue weighted by atomic mass is 19.1. The third-order valence-electron chi connectivity index (χ3n) is 3.62. The molecular formula is C18H18FN5O. The molecule has 128 valence electrons. The van der Waals surface area contributed by atoms with E-state index < -0.39 is 0 Å². The van der Waals surface area contributed by atoms with Crippen LogP contribution in [0.4, 0.5) is 27.4 Å². The minimum absolute atomic E-state index is 0.270. The van der Waals surface area contributed by atoms with Crippen LogP contribution in [0, 0.1) is 5.82 Å². The van der Waals surface area contributed by atoms with Gasteiger partial charge in [-0.3, -0.25) is 0 Å². The Bertz CT molecular complexity index is 854. The maximum absolute atomic E-state index is 13.0. The van der Waals surface area contributed by atoms with Gasteiger partial charge in [0.25, 0.3) is 0 Å². The van der Waals surface area contributed by atoms with E-state index in [0.717, 1.165) is 11.3 Å². The molecule has 3 aromatic rings. The smallest absolute Gasteiger partial charge is 0.159 e. The van der Waals surface area contributed by atoms with Crippen molar-refractivity contribution in [2.45, 2.75) is 6.54 Å². The summed E-state index contributed by atoms with van der Waals surface area (Å²) in [5, 5.41) is 6.28. The number of para-hydroxylation sites is 2. The van der Waals surface area contributed by atoms with Gasteiger partial charge < -0.3 is 21.1 Å². The van der Waals surface area contributed by atoms with E-state index in [9.17, 15) is 4.39 Å². The van der Waals surface area contributed by atoms with Crippen LogP contribution in [-0.4, -0.2) is 17.1 Å². The maximum atomic E-state index is 13.0. The lowest BCUT2D eigenvalue weighted by Crippen LogP contribution is -2.08. The molecule has 0 unspecified atom stereocenters. The largest absolute Gasteiger partial charge is 0.495 e. The van der Waals surface area contributed by atoms with E-state index in [1.807, 2.05) is 24.3 Å². The molecule has 0 aliphatic heterocycles. The summed E-state index contributed by atoms with van der Waals surface area (Å²) in [5.41, 5.74) is 8.21. The van der Waals surface area contributed by atoms with E-state index in [4.69, 9.17) is 10.5 Å². The second kappa shape index (κ2) is 7.48. The molecule has 0 amide bonds. The lowest BCUT2D eigenvalue weighted by molar-refractivity contribution is 0.417. The summed E-state index contributed by atoms with van der Waals surface area (Å²) >= 11 is 0. The molecule has 1 aromatic heterocycles. The van der Waals surface area contributed by atoms with Gasteiger partial charge in [-0.05, 0) is 29.8 Å². The fourth-order valence-electron chi connectivity index (χ4n) is 2.30. The quantitative estimate of drug-likeness (QED) is 0.637. The van der Waals surface area contributed by atoms with Crippen molar-refractivity contribution in [1.29, 1.82) is 0 Å². The Morgan fingerprint density at radius 3 is 2.52 bits per heavy atom. The van der Waals surface area contributed by atoms with Crippen molar-refractivity contribution in [3.63, 3.8) is 0 Å². The first-order valence-corrected chi connectivity index (χ1v) is 7.66. The fourth-order valence-corrected chi connectivity index (χ4v) is 2.30. The average Bonchev–Trinajstić information content (AvgIpc) is 2.64. The number of nitrogens with two attached hydrogens (primary N) is 1. The van der Waals surface area contributed by atoms with Crippen LogP contribution in [0.15, 0.2) is 54.9 Å². The van der Waals surface area contributed by atoms with E-state index >= 15 is 0 Å². The Balaban J connectivity index is 1.76. The molecular weight excluding hydrogens is 321 g/mol. The SMILES string of the molecule is COc1ccccc1Nc1ncnc(NCc2ccc(F)cc2)c1N. The highest BCUT2D eigenvalue weighted by molar-refractivity contribution is 5.79. The molecule has 0 atom stereocenters. The van der Waals surface area contributed by atoms with Gasteiger partial charge in [0.1, 0.15) is 23.6 Å². The number of nitrogens with zero attached hydrogens (tertiary/aromatic N) is 2. The Labute approximate surface area is 144 Å². The van der Waals surface area contributed by atoms with Crippen molar-refractivity contribution in [1.82, 2.24) is 9.97 Å². The van der Waals surface area contributed by atoms with Crippen molar-refractivity contribution < 1.29 is 9.13 Å². The zero-order valence-electron chi connectivity index (χ0n) is 13.7. The predicted octanol–water partition coefficient (Wildman–Crippen LogP) is 3.56. The monoisotopic (exact) mass is 339 g/mol. The van der Waals surface area contributed by atoms with Gasteiger partial charge in [-0.2, -0.15) is 0 Å². The van der Waals surface area contributed by atoms with Gasteiger partial charge in [0.05, 0.1) is 12.8 Å². The lowest BCUT2D eigenvalue weighted by Gasteiger charge is -2.14. The molecule has 0 saturated heterocycles. The molecule has 0 radical (unpaired) electrons. The first-order chi connectivity index (χ1) is 12.2. The van der Waals surface area contributed by atoms with Gasteiger partial charge in [0.15, 0.2) is 11.6 Å². The third-order valence-corrected chi connectivity index (χ3v) is 3.62. The van der Waals surface area contributed by atoms with Crippen molar-refractivity contribution in [3.05, 3.63) is 66.2 Å². The molecule has 0 aliphatic carbocycles. The number of hydrogen-bond acceptors (Lipinski definition) is 6. The van der Waals surface area contributed by atoms with E-state index in [-0.39, 0.29) is 5.82 Å². The number of halogens is 1. The Morgan fingerprint density at radius 2 is 1.76 bits per heavy atom. The second-order valence-electron chi connectivity index (χ2n) is 5.29. The Kier molecular flexibility index (Phi) is 4.94. The minimum atomic E-state index is -0.270. The number of ether oxygens (including phenoxy) is 1. The van der Waals surface area contributed by atoms with Crippen molar-refractivity contribution >= 4 is 23.0 Å². The molecule has 0 aliphatic rings. The molecule has 7 heteroatoms. The molecule has 0 bridgehead atoms. The molecule has 2 aromatic carbocycles. The van der Waals surface area contributed by atoms with Crippen molar-refractivity contribution in [3.8, 4) is 5.75 Å². The number of aromatic nitrogens is 2. The maximum Gasteiger partial charge on any atom is 0.159 e. The zero-order chi connectivity index (χ0) is 17.6. The van der Waals surface area contributed by atoms with Crippen LogP contribution in [-0.2, 0) is 6.54 Å². The standard InChI is InChI=1S/C18H18FN5O/c1-25-15-5-3-2-4-14(15)24-18-16(20)17(22-11-23-18)21-10-12-6-8-13(19)9-7-12/h2-9,11H,10,20H2,1H3,(H2,21,22,23,24). The number of methoxy groups -OCH3 is 1. The lowest BCUT2D eigenvalue weighted by atomic mass is 10.2. The highest BCUT2D eigenvalue weighted by Crippen LogP contribution is 2.30. The van der Waals surface area contributed by atoms with E-state index in [1.165, 1.54) is 18.5 Å². The first kappa shape index (κ1) is 16.5. The topological polar surface area (TPSA) is 85.1 Å². The number of anilines is 4. The first-order valence-electron chi connectivity index (χ1n) is 7.66. The summed E-state index contributed by atoms with van der Waals surface area (Å²) in [4.78, 5) is 8.35. The van der Waals surface area contributed by atoms with Crippen LogP contribution >= 0.6 is 0 Å². The molecule has 0 fully saturated rings. The van der Waals surface area contributed by atoms with Crippen LogP contribution < -0.4 is 21.1 Å². The number of benzene rings is 2. The predicted molar refractivity (Wildman–Crippen MR) is 96.4 cm³/mol. The fraction of sp³-hybridized carbons (Fsp3) is 0.111. The van der Waals surface area contributed by atoms with Crippen LogP contribution in [0.25, 0.3) is 0 Å². The van der Waals surface area contributed by atoms with Gasteiger partial charge in [-0.25, -0.2) is 14.4 Å². The van der Waals surface area contributed by atoms with Gasteiger partial charge in [0.2, 0.25) is 0 Å². The van der Waals surface area contributed by atoms with Gasteiger partial charge in [-0.15, -0.1) is 0 Å². The highest BCUT2D eigenvalue weighted by Gasteiger charge is 2.10. The van der Waals surface area contributed by atoms with Crippen LogP contribution in [0.2, 0.25) is 0 Å². The zero-order valence-corrected chi connectivity index (χ0v) is 13.7. The van der Waals surface area contributed by atoms with Crippen LogP contribution in [0.3, 0.4) is 0 Å². The molecule has 0 spiro atoms. The van der Waals surface area contributed by atoms with Gasteiger partial charge >= 0.3 is 0 Å². The van der Waals surface area contributed by atoms with Crippen LogP contribution in [0.5, 0.6) is 5.75 Å².